The molecule has 1 atom stereocenters. The van der Waals surface area contributed by atoms with Gasteiger partial charge in [-0.3, -0.25) is 4.90 Å². The van der Waals surface area contributed by atoms with E-state index < -0.39 is 0 Å². The smallest absolute Gasteiger partial charge is 0.128 e. The van der Waals surface area contributed by atoms with Crippen molar-refractivity contribution in [2.24, 2.45) is 5.92 Å². The van der Waals surface area contributed by atoms with Gasteiger partial charge in [0.15, 0.2) is 0 Å². The summed E-state index contributed by atoms with van der Waals surface area (Å²) in [5, 5.41) is 0. The first-order chi connectivity index (χ1) is 12.9. The lowest BCUT2D eigenvalue weighted by atomic mass is 9.90. The molecule has 1 aliphatic carbocycles. The van der Waals surface area contributed by atoms with E-state index in [1.54, 1.807) is 12.1 Å². The average Bonchev–Trinajstić information content (AvgIpc) is 3.43. The average molecular weight is 366 g/mol. The highest BCUT2D eigenvalue weighted by atomic mass is 19.1. The fraction of sp³-hybridized carbons (Fsp3) is 0.440. The highest BCUT2D eigenvalue weighted by molar-refractivity contribution is 5.36. The van der Waals surface area contributed by atoms with Crippen LogP contribution in [-0.2, 0) is 0 Å². The molecule has 0 amide bonds. The summed E-state index contributed by atoms with van der Waals surface area (Å²) >= 11 is 0. The molecule has 1 aliphatic heterocycles. The Morgan fingerprint density at radius 3 is 2.59 bits per heavy atom. The molecular formula is C25H32FN. The lowest BCUT2D eigenvalue weighted by molar-refractivity contribution is 0.225. The van der Waals surface area contributed by atoms with Gasteiger partial charge in [-0.25, -0.2) is 4.39 Å². The fourth-order valence-electron chi connectivity index (χ4n) is 4.12. The predicted octanol–water partition coefficient (Wildman–Crippen LogP) is 6.77. The first kappa shape index (κ1) is 19.8. The van der Waals surface area contributed by atoms with Crippen LogP contribution in [-0.4, -0.2) is 18.0 Å². The minimum Gasteiger partial charge on any atom is -0.288 e. The van der Waals surface area contributed by atoms with Crippen molar-refractivity contribution in [3.05, 3.63) is 82.7 Å². The molecule has 1 heterocycles. The van der Waals surface area contributed by atoms with E-state index >= 15 is 0 Å². The van der Waals surface area contributed by atoms with Crippen molar-refractivity contribution in [3.8, 4) is 0 Å². The molecule has 1 aromatic rings. The number of rotatable bonds is 7. The van der Waals surface area contributed by atoms with Gasteiger partial charge in [-0.1, -0.05) is 59.7 Å². The van der Waals surface area contributed by atoms with Gasteiger partial charge in [0, 0.05) is 18.7 Å². The van der Waals surface area contributed by atoms with Crippen LogP contribution in [0.2, 0.25) is 0 Å². The standard InChI is InChI=1S/C25H32FN/c1-17(2)14-18(3)15-22-16-27(13-12-19(22)4)25(20(5)21-10-11-21)23-8-6-7-9-24(23)26/h6-9,15,21,25H,1,5,10-14,16H2,2-4H3/b18-15+. The van der Waals surface area contributed by atoms with Gasteiger partial charge in [-0.2, -0.15) is 0 Å². The van der Waals surface area contributed by atoms with Crippen molar-refractivity contribution in [2.75, 3.05) is 13.1 Å². The second-order valence-corrected chi connectivity index (χ2v) is 8.42. The largest absolute Gasteiger partial charge is 0.288 e. The maximum atomic E-state index is 14.7. The van der Waals surface area contributed by atoms with Crippen molar-refractivity contribution in [3.63, 3.8) is 0 Å². The van der Waals surface area contributed by atoms with Gasteiger partial charge in [0.1, 0.15) is 5.82 Å². The van der Waals surface area contributed by atoms with E-state index in [1.165, 1.54) is 40.7 Å². The molecule has 1 saturated carbocycles. The molecule has 0 spiro atoms. The van der Waals surface area contributed by atoms with E-state index in [4.69, 9.17) is 0 Å². The predicted molar refractivity (Wildman–Crippen MR) is 113 cm³/mol. The van der Waals surface area contributed by atoms with E-state index in [9.17, 15) is 4.39 Å². The molecule has 0 radical (unpaired) electrons. The third-order valence-corrected chi connectivity index (χ3v) is 5.71. The molecule has 2 aliphatic rings. The van der Waals surface area contributed by atoms with E-state index in [0.29, 0.717) is 5.92 Å². The van der Waals surface area contributed by atoms with Crippen LogP contribution in [0.5, 0.6) is 0 Å². The lowest BCUT2D eigenvalue weighted by Gasteiger charge is -2.37. The Balaban J connectivity index is 1.89. The number of allylic oxidation sites excluding steroid dienone is 2. The minimum atomic E-state index is -0.119. The van der Waals surface area contributed by atoms with Gasteiger partial charge < -0.3 is 0 Å². The summed E-state index contributed by atoms with van der Waals surface area (Å²) in [7, 11) is 0. The maximum absolute atomic E-state index is 14.7. The second-order valence-electron chi connectivity index (χ2n) is 8.42. The first-order valence-electron chi connectivity index (χ1n) is 10.0. The third-order valence-electron chi connectivity index (χ3n) is 5.71. The van der Waals surface area contributed by atoms with Crippen LogP contribution in [0.3, 0.4) is 0 Å². The zero-order chi connectivity index (χ0) is 19.6. The summed E-state index contributed by atoms with van der Waals surface area (Å²) in [5.74, 6) is 0.428. The quantitative estimate of drug-likeness (QED) is 0.482. The van der Waals surface area contributed by atoms with E-state index in [1.807, 2.05) is 12.1 Å². The van der Waals surface area contributed by atoms with Crippen LogP contribution in [0.1, 0.15) is 58.1 Å². The van der Waals surface area contributed by atoms with Crippen molar-refractivity contribution < 1.29 is 4.39 Å². The molecule has 27 heavy (non-hydrogen) atoms. The highest BCUT2D eigenvalue weighted by Crippen LogP contribution is 2.45. The molecule has 3 rings (SSSR count). The SMILES string of the molecule is C=C(C)C/C(C)=C/C1=C(C)CCN(C(C(=C)C2CC2)c2ccccc2F)C1. The molecule has 2 heteroatoms. The second kappa shape index (κ2) is 8.39. The molecule has 1 nitrogen and oxygen atoms in total. The summed E-state index contributed by atoms with van der Waals surface area (Å²) in [6, 6.07) is 7.18. The number of nitrogens with zero attached hydrogens (tertiary/aromatic N) is 1. The Kier molecular flexibility index (Phi) is 6.16. The molecule has 0 N–H and O–H groups in total. The lowest BCUT2D eigenvalue weighted by Crippen LogP contribution is -2.36. The first-order valence-corrected chi connectivity index (χ1v) is 10.0. The maximum Gasteiger partial charge on any atom is 0.128 e. The van der Waals surface area contributed by atoms with Crippen molar-refractivity contribution in [2.45, 2.75) is 52.5 Å². The van der Waals surface area contributed by atoms with Gasteiger partial charge in [0.2, 0.25) is 0 Å². The monoisotopic (exact) mass is 365 g/mol. The molecular weight excluding hydrogens is 333 g/mol. The van der Waals surface area contributed by atoms with Crippen LogP contribution >= 0.6 is 0 Å². The zero-order valence-electron chi connectivity index (χ0n) is 17.0. The normalized spacial score (nSPS) is 19.9. The topological polar surface area (TPSA) is 3.24 Å². The number of halogens is 1. The van der Waals surface area contributed by atoms with Crippen LogP contribution in [0, 0.1) is 11.7 Å². The van der Waals surface area contributed by atoms with Crippen LogP contribution in [0.15, 0.2) is 71.4 Å². The summed E-state index contributed by atoms with van der Waals surface area (Å²) in [6.07, 6.45) is 6.65. The number of hydrogen-bond acceptors (Lipinski definition) is 1. The Bertz CT molecular complexity index is 794. The summed E-state index contributed by atoms with van der Waals surface area (Å²) in [5.41, 5.74) is 7.28. The number of hydrogen-bond donors (Lipinski definition) is 0. The van der Waals surface area contributed by atoms with Crippen LogP contribution in [0.25, 0.3) is 0 Å². The molecule has 144 valence electrons. The molecule has 1 aromatic carbocycles. The van der Waals surface area contributed by atoms with Crippen molar-refractivity contribution in [1.82, 2.24) is 4.90 Å². The fourth-order valence-corrected chi connectivity index (χ4v) is 4.12. The Morgan fingerprint density at radius 2 is 1.96 bits per heavy atom. The minimum absolute atomic E-state index is 0.0309. The van der Waals surface area contributed by atoms with Gasteiger partial charge in [0.05, 0.1) is 6.04 Å². The van der Waals surface area contributed by atoms with Gasteiger partial charge in [-0.15, -0.1) is 0 Å². The Hall–Kier alpha value is -1.93. The summed E-state index contributed by atoms with van der Waals surface area (Å²) in [6.45, 7) is 16.7. The molecule has 1 unspecified atom stereocenters. The van der Waals surface area contributed by atoms with Crippen LogP contribution in [0.4, 0.5) is 4.39 Å². The summed E-state index contributed by atoms with van der Waals surface area (Å²) in [4.78, 5) is 2.42. The van der Waals surface area contributed by atoms with Crippen LogP contribution < -0.4 is 0 Å². The van der Waals surface area contributed by atoms with Crippen molar-refractivity contribution in [1.29, 1.82) is 0 Å². The number of benzene rings is 1. The van der Waals surface area contributed by atoms with Crippen molar-refractivity contribution >= 4 is 0 Å². The zero-order valence-corrected chi connectivity index (χ0v) is 17.0. The Labute approximate surface area is 164 Å². The summed E-state index contributed by atoms with van der Waals surface area (Å²) < 4.78 is 14.7. The van der Waals surface area contributed by atoms with E-state index in [-0.39, 0.29) is 11.9 Å². The molecule has 0 aromatic heterocycles. The Morgan fingerprint density at radius 1 is 1.26 bits per heavy atom. The van der Waals surface area contributed by atoms with Gasteiger partial charge in [0.25, 0.3) is 0 Å². The third kappa shape index (κ3) is 4.87. The highest BCUT2D eigenvalue weighted by Gasteiger charge is 2.35. The van der Waals surface area contributed by atoms with Gasteiger partial charge >= 0.3 is 0 Å². The molecule has 1 fully saturated rings. The van der Waals surface area contributed by atoms with Gasteiger partial charge in [-0.05, 0) is 64.0 Å². The van der Waals surface area contributed by atoms with E-state index in [2.05, 4.69) is 44.9 Å². The molecule has 0 bridgehead atoms. The van der Waals surface area contributed by atoms with E-state index in [0.717, 1.165) is 31.5 Å². The molecule has 0 saturated heterocycles.